The first-order chi connectivity index (χ1) is 5.24. The molecule has 1 unspecified atom stereocenters. The fourth-order valence-electron chi connectivity index (χ4n) is 0.806. The van der Waals surface area contributed by atoms with Crippen LogP contribution >= 0.6 is 11.8 Å². The number of esters is 1. The van der Waals surface area contributed by atoms with Gasteiger partial charge in [0.1, 0.15) is 0 Å². The molecule has 0 saturated carbocycles. The lowest BCUT2D eigenvalue weighted by Crippen LogP contribution is -2.15. The summed E-state index contributed by atoms with van der Waals surface area (Å²) in [7, 11) is 0. The van der Waals surface area contributed by atoms with Gasteiger partial charge in [0.2, 0.25) is 0 Å². The van der Waals surface area contributed by atoms with Crippen molar-refractivity contribution < 1.29 is 9.53 Å². The summed E-state index contributed by atoms with van der Waals surface area (Å²) in [6.07, 6.45) is 1.75. The molecule has 0 fully saturated rings. The van der Waals surface area contributed by atoms with Gasteiger partial charge in [-0.1, -0.05) is 0 Å². The second kappa shape index (κ2) is 3.78. The number of hydrogen-bond acceptors (Lipinski definition) is 4. The minimum absolute atomic E-state index is 0.0133. The molecule has 0 bridgehead atoms. The molecule has 1 aliphatic heterocycles. The second-order valence-electron chi connectivity index (χ2n) is 2.23. The number of carbonyl (C=O) groups excluding carboxylic acids is 1. The van der Waals surface area contributed by atoms with E-state index in [2.05, 4.69) is 0 Å². The minimum atomic E-state index is -0.245. The maximum atomic E-state index is 11.0. The standard InChI is InChI=1S/C7H11NO2S/c1-2-10-7(9)6-3-5(8)4-11-6/h3,5H,2,4,8H2,1H3. The van der Waals surface area contributed by atoms with Crippen LogP contribution in [0.3, 0.4) is 0 Å². The van der Waals surface area contributed by atoms with E-state index in [4.69, 9.17) is 10.5 Å². The van der Waals surface area contributed by atoms with Crippen molar-refractivity contribution in [3.8, 4) is 0 Å². The first-order valence-electron chi connectivity index (χ1n) is 3.51. The Balaban J connectivity index is 2.48. The summed E-state index contributed by atoms with van der Waals surface area (Å²) in [6.45, 7) is 2.21. The minimum Gasteiger partial charge on any atom is -0.462 e. The maximum absolute atomic E-state index is 11.0. The first-order valence-corrected chi connectivity index (χ1v) is 4.50. The lowest BCUT2D eigenvalue weighted by atomic mass is 10.3. The van der Waals surface area contributed by atoms with Crippen molar-refractivity contribution in [2.75, 3.05) is 12.4 Å². The molecule has 1 atom stereocenters. The van der Waals surface area contributed by atoms with Gasteiger partial charge < -0.3 is 10.5 Å². The summed E-state index contributed by atoms with van der Waals surface area (Å²) < 4.78 is 4.79. The Kier molecular flexibility index (Phi) is 2.96. The van der Waals surface area contributed by atoms with Gasteiger partial charge in [-0.25, -0.2) is 4.79 Å². The van der Waals surface area contributed by atoms with Gasteiger partial charge in [-0.3, -0.25) is 0 Å². The molecule has 0 aromatic carbocycles. The monoisotopic (exact) mass is 173 g/mol. The zero-order chi connectivity index (χ0) is 8.27. The topological polar surface area (TPSA) is 52.3 Å². The highest BCUT2D eigenvalue weighted by atomic mass is 32.2. The van der Waals surface area contributed by atoms with E-state index in [0.717, 1.165) is 5.75 Å². The van der Waals surface area contributed by atoms with Crippen molar-refractivity contribution in [3.63, 3.8) is 0 Å². The van der Waals surface area contributed by atoms with Crippen molar-refractivity contribution in [3.05, 3.63) is 11.0 Å². The summed E-state index contributed by atoms with van der Waals surface area (Å²) >= 11 is 1.46. The third-order valence-corrected chi connectivity index (χ3v) is 2.44. The molecule has 1 aliphatic rings. The van der Waals surface area contributed by atoms with E-state index in [1.807, 2.05) is 0 Å². The van der Waals surface area contributed by atoms with Crippen molar-refractivity contribution in [2.45, 2.75) is 13.0 Å². The number of thioether (sulfide) groups is 1. The van der Waals surface area contributed by atoms with Crippen molar-refractivity contribution in [1.82, 2.24) is 0 Å². The van der Waals surface area contributed by atoms with Crippen LogP contribution in [0.4, 0.5) is 0 Å². The third kappa shape index (κ3) is 2.24. The fourth-order valence-corrected chi connectivity index (χ4v) is 1.72. The van der Waals surface area contributed by atoms with E-state index in [9.17, 15) is 4.79 Å². The molecule has 4 heteroatoms. The highest BCUT2D eigenvalue weighted by molar-refractivity contribution is 8.04. The van der Waals surface area contributed by atoms with Gasteiger partial charge in [-0.05, 0) is 13.0 Å². The van der Waals surface area contributed by atoms with Gasteiger partial charge in [0.25, 0.3) is 0 Å². The molecule has 0 aromatic rings. The number of rotatable bonds is 2. The molecule has 0 spiro atoms. The third-order valence-electron chi connectivity index (χ3n) is 1.27. The molecule has 1 rings (SSSR count). The van der Waals surface area contributed by atoms with E-state index in [-0.39, 0.29) is 12.0 Å². The molecule has 0 aliphatic carbocycles. The Morgan fingerprint density at radius 1 is 2.00 bits per heavy atom. The zero-order valence-corrected chi connectivity index (χ0v) is 7.19. The van der Waals surface area contributed by atoms with Crippen LogP contribution in [0.25, 0.3) is 0 Å². The molecule has 0 radical (unpaired) electrons. The normalized spacial score (nSPS) is 23.1. The van der Waals surface area contributed by atoms with Gasteiger partial charge in [-0.2, -0.15) is 0 Å². The van der Waals surface area contributed by atoms with Gasteiger partial charge in [-0.15, -0.1) is 11.8 Å². The molecule has 11 heavy (non-hydrogen) atoms. The average Bonchev–Trinajstić information content (AvgIpc) is 2.36. The summed E-state index contributed by atoms with van der Waals surface area (Å²) in [4.78, 5) is 11.7. The smallest absolute Gasteiger partial charge is 0.344 e. The quantitative estimate of drug-likeness (QED) is 0.618. The van der Waals surface area contributed by atoms with E-state index >= 15 is 0 Å². The Morgan fingerprint density at radius 2 is 2.73 bits per heavy atom. The SMILES string of the molecule is CCOC(=O)C1=CC(N)CS1. The van der Waals surface area contributed by atoms with E-state index in [1.54, 1.807) is 13.0 Å². The number of ether oxygens (including phenoxy) is 1. The maximum Gasteiger partial charge on any atom is 0.344 e. The van der Waals surface area contributed by atoms with Crippen LogP contribution in [-0.4, -0.2) is 24.4 Å². The molecule has 3 nitrogen and oxygen atoms in total. The van der Waals surface area contributed by atoms with Gasteiger partial charge in [0, 0.05) is 11.8 Å². The fraction of sp³-hybridized carbons (Fsp3) is 0.571. The zero-order valence-electron chi connectivity index (χ0n) is 6.37. The predicted molar refractivity (Wildman–Crippen MR) is 45.1 cm³/mol. The van der Waals surface area contributed by atoms with E-state index < -0.39 is 0 Å². The van der Waals surface area contributed by atoms with Crippen molar-refractivity contribution in [2.24, 2.45) is 5.73 Å². The Bertz CT molecular complexity index is 191. The summed E-state index contributed by atoms with van der Waals surface area (Å²) in [5.74, 6) is 0.541. The highest BCUT2D eigenvalue weighted by Crippen LogP contribution is 2.24. The second-order valence-corrected chi connectivity index (χ2v) is 3.29. The van der Waals surface area contributed by atoms with Crippen LogP contribution in [-0.2, 0) is 9.53 Å². The highest BCUT2D eigenvalue weighted by Gasteiger charge is 2.19. The average molecular weight is 173 g/mol. The van der Waals surface area contributed by atoms with Crippen molar-refractivity contribution >= 4 is 17.7 Å². The lowest BCUT2D eigenvalue weighted by Gasteiger charge is -1.99. The number of hydrogen-bond donors (Lipinski definition) is 1. The molecule has 1 heterocycles. The van der Waals surface area contributed by atoms with Crippen LogP contribution in [0.5, 0.6) is 0 Å². The molecular weight excluding hydrogens is 162 g/mol. The lowest BCUT2D eigenvalue weighted by molar-refractivity contribution is -0.137. The van der Waals surface area contributed by atoms with Crippen LogP contribution < -0.4 is 5.73 Å². The summed E-state index contributed by atoms with van der Waals surface area (Å²) in [5, 5.41) is 0. The van der Waals surface area contributed by atoms with Gasteiger partial charge in [0.15, 0.2) is 0 Å². The number of carbonyl (C=O) groups is 1. The van der Waals surface area contributed by atoms with E-state index in [0.29, 0.717) is 11.5 Å². The van der Waals surface area contributed by atoms with Crippen molar-refractivity contribution in [1.29, 1.82) is 0 Å². The first kappa shape index (κ1) is 8.62. The molecule has 0 amide bonds. The predicted octanol–water partition coefficient (Wildman–Crippen LogP) is 0.508. The molecule has 2 N–H and O–H groups in total. The largest absolute Gasteiger partial charge is 0.462 e. The molecule has 0 aromatic heterocycles. The summed E-state index contributed by atoms with van der Waals surface area (Å²) in [5.41, 5.74) is 5.55. The van der Waals surface area contributed by atoms with Gasteiger partial charge >= 0.3 is 5.97 Å². The Labute approximate surface area is 70.0 Å². The molecular formula is C7H11NO2S. The number of nitrogens with two attached hydrogens (primary N) is 1. The molecule has 0 saturated heterocycles. The van der Waals surface area contributed by atoms with E-state index in [1.165, 1.54) is 11.8 Å². The Hall–Kier alpha value is -0.480. The Morgan fingerprint density at radius 3 is 3.18 bits per heavy atom. The van der Waals surface area contributed by atoms with Crippen LogP contribution in [0.1, 0.15) is 6.92 Å². The van der Waals surface area contributed by atoms with Crippen LogP contribution in [0, 0.1) is 0 Å². The van der Waals surface area contributed by atoms with Gasteiger partial charge in [0.05, 0.1) is 11.5 Å². The van der Waals surface area contributed by atoms with Crippen LogP contribution in [0.2, 0.25) is 0 Å². The molecule has 62 valence electrons. The van der Waals surface area contributed by atoms with Crippen LogP contribution in [0.15, 0.2) is 11.0 Å². The summed E-state index contributed by atoms with van der Waals surface area (Å²) in [6, 6.07) is 0.0133.